The van der Waals surface area contributed by atoms with E-state index in [4.69, 9.17) is 10.5 Å². The van der Waals surface area contributed by atoms with Crippen molar-refractivity contribution in [3.05, 3.63) is 76.2 Å². The van der Waals surface area contributed by atoms with E-state index in [1.807, 2.05) is 24.3 Å². The summed E-state index contributed by atoms with van der Waals surface area (Å²) in [7, 11) is 0. The van der Waals surface area contributed by atoms with Crippen LogP contribution in [0.3, 0.4) is 0 Å². The van der Waals surface area contributed by atoms with Crippen molar-refractivity contribution in [2.24, 2.45) is 0 Å². The van der Waals surface area contributed by atoms with Crippen molar-refractivity contribution in [3.63, 3.8) is 0 Å². The monoisotopic (exact) mass is 508 g/mol. The van der Waals surface area contributed by atoms with Gasteiger partial charge < -0.3 is 26.0 Å². The van der Waals surface area contributed by atoms with Crippen LogP contribution < -0.4 is 16.4 Å². The molecule has 0 spiro atoms. The van der Waals surface area contributed by atoms with E-state index in [-0.39, 0.29) is 17.6 Å². The number of pyridine rings is 1. The Morgan fingerprint density at radius 2 is 1.89 bits per heavy atom. The van der Waals surface area contributed by atoms with Crippen molar-refractivity contribution in [1.82, 2.24) is 20.1 Å². The summed E-state index contributed by atoms with van der Waals surface area (Å²) in [5.74, 6) is -0.325. The second-order valence-electron chi connectivity index (χ2n) is 8.59. The zero-order chi connectivity index (χ0) is 25.2. The standard InChI is InChI=1S/C26H32N6O3S/c27-22-18-36-19-24(22)30-25(33)23-7-6-21(16-29-23)17-32(11-10-31-12-14-35-15-13-31)26(34)28-9-8-20-4-2-1-3-5-20/h1-7,16,18-19H,8-15,17,27H2,(H,28,34)(H,30,33). The normalized spacial score (nSPS) is 13.8. The van der Waals surface area contributed by atoms with Gasteiger partial charge in [0.15, 0.2) is 0 Å². The van der Waals surface area contributed by atoms with E-state index in [0.717, 1.165) is 31.6 Å². The number of ether oxygens (including phenoxy) is 1. The van der Waals surface area contributed by atoms with Gasteiger partial charge in [0, 0.05) is 56.2 Å². The van der Waals surface area contributed by atoms with Gasteiger partial charge in [0.05, 0.1) is 24.6 Å². The number of hydrogen-bond donors (Lipinski definition) is 3. The highest BCUT2D eigenvalue weighted by atomic mass is 32.1. The third kappa shape index (κ3) is 7.51. The Morgan fingerprint density at radius 1 is 1.08 bits per heavy atom. The number of carbonyl (C=O) groups excluding carboxylic acids is 2. The highest BCUT2D eigenvalue weighted by Crippen LogP contribution is 2.23. The number of nitrogens with zero attached hydrogens (tertiary/aromatic N) is 3. The van der Waals surface area contributed by atoms with Crippen molar-refractivity contribution in [3.8, 4) is 0 Å². The highest BCUT2D eigenvalue weighted by Gasteiger charge is 2.18. The van der Waals surface area contributed by atoms with Crippen LogP contribution in [-0.2, 0) is 17.7 Å². The van der Waals surface area contributed by atoms with Crippen molar-refractivity contribution in [2.45, 2.75) is 13.0 Å². The largest absolute Gasteiger partial charge is 0.396 e. The van der Waals surface area contributed by atoms with Gasteiger partial charge in [-0.1, -0.05) is 36.4 Å². The first kappa shape index (κ1) is 25.6. The number of nitrogen functional groups attached to an aromatic ring is 1. The van der Waals surface area contributed by atoms with Gasteiger partial charge in [-0.3, -0.25) is 14.7 Å². The fourth-order valence-electron chi connectivity index (χ4n) is 3.88. The third-order valence-electron chi connectivity index (χ3n) is 5.98. The molecule has 0 radical (unpaired) electrons. The number of urea groups is 1. The number of thiophene rings is 1. The smallest absolute Gasteiger partial charge is 0.317 e. The molecule has 1 saturated heterocycles. The van der Waals surface area contributed by atoms with Crippen LogP contribution in [0.4, 0.5) is 16.2 Å². The molecule has 0 aliphatic carbocycles. The number of hydrogen-bond acceptors (Lipinski definition) is 7. The van der Waals surface area contributed by atoms with E-state index in [9.17, 15) is 9.59 Å². The van der Waals surface area contributed by atoms with Crippen LogP contribution in [0.15, 0.2) is 59.4 Å². The molecule has 1 fully saturated rings. The van der Waals surface area contributed by atoms with E-state index in [1.54, 1.807) is 27.9 Å². The second kappa shape index (κ2) is 13.0. The number of nitrogens with two attached hydrogens (primary N) is 1. The van der Waals surface area contributed by atoms with E-state index in [2.05, 4.69) is 32.7 Å². The summed E-state index contributed by atoms with van der Waals surface area (Å²) in [6, 6.07) is 13.5. The summed E-state index contributed by atoms with van der Waals surface area (Å²) < 4.78 is 5.43. The molecule has 36 heavy (non-hydrogen) atoms. The molecule has 0 saturated carbocycles. The average Bonchev–Trinajstić information content (AvgIpc) is 3.32. The second-order valence-corrected chi connectivity index (χ2v) is 9.33. The predicted octanol–water partition coefficient (Wildman–Crippen LogP) is 3.06. The Hall–Kier alpha value is -3.47. The summed E-state index contributed by atoms with van der Waals surface area (Å²) in [6.07, 6.45) is 2.41. The minimum atomic E-state index is -0.325. The first-order valence-corrected chi connectivity index (χ1v) is 13.0. The minimum Gasteiger partial charge on any atom is -0.396 e. The molecule has 3 aromatic rings. The molecule has 2 aromatic heterocycles. The lowest BCUT2D eigenvalue weighted by molar-refractivity contribution is 0.0346. The van der Waals surface area contributed by atoms with Crippen LogP contribution >= 0.6 is 11.3 Å². The first-order chi connectivity index (χ1) is 17.6. The Morgan fingerprint density at radius 3 is 2.58 bits per heavy atom. The van der Waals surface area contributed by atoms with E-state index < -0.39 is 0 Å². The van der Waals surface area contributed by atoms with Crippen molar-refractivity contribution in [1.29, 1.82) is 0 Å². The Bertz CT molecular complexity index is 1120. The van der Waals surface area contributed by atoms with E-state index >= 15 is 0 Å². The fourth-order valence-corrected chi connectivity index (χ4v) is 4.55. The van der Waals surface area contributed by atoms with Crippen LogP contribution in [0, 0.1) is 0 Å². The number of carbonyl (C=O) groups is 2. The zero-order valence-electron chi connectivity index (χ0n) is 20.2. The molecule has 3 amide bonds. The first-order valence-electron chi connectivity index (χ1n) is 12.0. The average molecular weight is 509 g/mol. The van der Waals surface area contributed by atoms with Crippen LogP contribution in [0.2, 0.25) is 0 Å². The summed E-state index contributed by atoms with van der Waals surface area (Å²) in [6.45, 7) is 5.46. The number of morpholine rings is 1. The number of nitrogens with one attached hydrogen (secondary N) is 2. The predicted molar refractivity (Wildman–Crippen MR) is 142 cm³/mol. The molecule has 1 aliphatic rings. The molecule has 10 heteroatoms. The highest BCUT2D eigenvalue weighted by molar-refractivity contribution is 7.09. The van der Waals surface area contributed by atoms with Crippen molar-refractivity contribution < 1.29 is 14.3 Å². The summed E-state index contributed by atoms with van der Waals surface area (Å²) in [4.78, 5) is 34.0. The number of anilines is 2. The van der Waals surface area contributed by atoms with Gasteiger partial charge >= 0.3 is 6.03 Å². The maximum absolute atomic E-state index is 13.1. The van der Waals surface area contributed by atoms with Gasteiger partial charge in [-0.15, -0.1) is 11.3 Å². The van der Waals surface area contributed by atoms with Gasteiger partial charge in [0.1, 0.15) is 5.69 Å². The van der Waals surface area contributed by atoms with Crippen LogP contribution in [0.5, 0.6) is 0 Å². The topological polar surface area (TPSA) is 113 Å². The molecular weight excluding hydrogens is 476 g/mol. The molecular formula is C26H32N6O3S. The Labute approximate surface area is 215 Å². The number of aromatic nitrogens is 1. The quantitative estimate of drug-likeness (QED) is 0.388. The molecule has 0 unspecified atom stereocenters. The lowest BCUT2D eigenvalue weighted by Gasteiger charge is -2.30. The number of rotatable bonds is 10. The molecule has 1 aliphatic heterocycles. The summed E-state index contributed by atoms with van der Waals surface area (Å²) >= 11 is 1.42. The molecule has 3 heterocycles. The lowest BCUT2D eigenvalue weighted by Crippen LogP contribution is -2.46. The third-order valence-corrected chi connectivity index (χ3v) is 6.74. The van der Waals surface area contributed by atoms with Gasteiger partial charge in [0.25, 0.3) is 5.91 Å². The molecule has 0 atom stereocenters. The van der Waals surface area contributed by atoms with Crippen LogP contribution in [0.25, 0.3) is 0 Å². The van der Waals surface area contributed by atoms with Gasteiger partial charge in [-0.2, -0.15) is 0 Å². The maximum atomic E-state index is 13.1. The number of benzene rings is 1. The Balaban J connectivity index is 1.35. The van der Waals surface area contributed by atoms with Crippen LogP contribution in [0.1, 0.15) is 21.6 Å². The molecule has 1 aromatic carbocycles. The molecule has 190 valence electrons. The molecule has 4 rings (SSSR count). The SMILES string of the molecule is Nc1cscc1NC(=O)c1ccc(CN(CCN2CCOCC2)C(=O)NCCc2ccccc2)cn1. The van der Waals surface area contributed by atoms with Crippen molar-refractivity contribution in [2.75, 3.05) is 57.0 Å². The fraction of sp³-hybridized carbons (Fsp3) is 0.346. The lowest BCUT2D eigenvalue weighted by atomic mass is 10.1. The van der Waals surface area contributed by atoms with Crippen LogP contribution in [-0.4, -0.2) is 72.7 Å². The minimum absolute atomic E-state index is 0.117. The molecule has 4 N–H and O–H groups in total. The molecule has 0 bridgehead atoms. The van der Waals surface area contributed by atoms with E-state index in [0.29, 0.717) is 44.2 Å². The van der Waals surface area contributed by atoms with Gasteiger partial charge in [0.2, 0.25) is 0 Å². The van der Waals surface area contributed by atoms with Gasteiger partial charge in [-0.05, 0) is 23.6 Å². The summed E-state index contributed by atoms with van der Waals surface area (Å²) in [5.41, 5.74) is 9.27. The summed E-state index contributed by atoms with van der Waals surface area (Å²) in [5, 5.41) is 9.37. The van der Waals surface area contributed by atoms with Crippen molar-refractivity contribution >= 4 is 34.6 Å². The molecule has 9 nitrogen and oxygen atoms in total. The van der Waals surface area contributed by atoms with E-state index in [1.165, 1.54) is 16.9 Å². The maximum Gasteiger partial charge on any atom is 0.317 e. The Kier molecular flexibility index (Phi) is 9.26. The zero-order valence-corrected chi connectivity index (χ0v) is 21.0. The van der Waals surface area contributed by atoms with Gasteiger partial charge in [-0.25, -0.2) is 4.79 Å². The number of amides is 3.